The summed E-state index contributed by atoms with van der Waals surface area (Å²) in [6.45, 7) is 6.99. The van der Waals surface area contributed by atoms with Crippen LogP contribution in [0.5, 0.6) is 0 Å². The van der Waals surface area contributed by atoms with Crippen molar-refractivity contribution in [2.45, 2.75) is 78.6 Å². The molecule has 0 saturated carbocycles. The van der Waals surface area contributed by atoms with Crippen LogP contribution < -0.4 is 0 Å². The van der Waals surface area contributed by atoms with Gasteiger partial charge in [0.1, 0.15) is 0 Å². The van der Waals surface area contributed by atoms with Gasteiger partial charge in [-0.1, -0.05) is 94.6 Å². The first-order valence-electron chi connectivity index (χ1n) is 12.9. The van der Waals surface area contributed by atoms with Gasteiger partial charge in [0.15, 0.2) is 0 Å². The molecule has 0 nitrogen and oxygen atoms in total. The van der Waals surface area contributed by atoms with Crippen LogP contribution in [0.2, 0.25) is 0 Å². The van der Waals surface area contributed by atoms with E-state index in [1.165, 1.54) is 95.5 Å². The van der Waals surface area contributed by atoms with Gasteiger partial charge in [0, 0.05) is 0 Å². The van der Waals surface area contributed by atoms with E-state index in [-0.39, 0.29) is 0 Å². The Kier molecular flexibility index (Phi) is 6.05. The summed E-state index contributed by atoms with van der Waals surface area (Å²) < 4.78 is 0. The molecule has 0 N–H and O–H groups in total. The van der Waals surface area contributed by atoms with E-state index in [0.717, 1.165) is 0 Å². The second-order valence-electron chi connectivity index (χ2n) is 9.56. The van der Waals surface area contributed by atoms with Gasteiger partial charge in [-0.15, -0.1) is 0 Å². The van der Waals surface area contributed by atoms with E-state index in [9.17, 15) is 0 Å². The van der Waals surface area contributed by atoms with Crippen molar-refractivity contribution >= 4 is 43.1 Å². The van der Waals surface area contributed by atoms with Crippen LogP contribution in [0.4, 0.5) is 0 Å². The van der Waals surface area contributed by atoms with Crippen molar-refractivity contribution in [2.75, 3.05) is 0 Å². The lowest BCUT2D eigenvalue weighted by molar-refractivity contribution is 0.741. The molecule has 0 aliphatic carbocycles. The zero-order valence-electron chi connectivity index (χ0n) is 20.1. The molecule has 32 heavy (non-hydrogen) atoms. The van der Waals surface area contributed by atoms with Crippen molar-refractivity contribution in [1.82, 2.24) is 0 Å². The molecule has 0 heterocycles. The van der Waals surface area contributed by atoms with Gasteiger partial charge in [-0.2, -0.15) is 0 Å². The van der Waals surface area contributed by atoms with Gasteiger partial charge in [0.2, 0.25) is 0 Å². The summed E-state index contributed by atoms with van der Waals surface area (Å²) in [6, 6.07) is 20.9. The predicted octanol–water partition coefficient (Wildman–Crippen LogP) is 9.76. The summed E-state index contributed by atoms with van der Waals surface area (Å²) >= 11 is 0. The Labute approximate surface area is 193 Å². The smallest absolute Gasteiger partial charge is 0.00206 e. The summed E-state index contributed by atoms with van der Waals surface area (Å²) in [7, 11) is 0. The maximum absolute atomic E-state index is 2.42. The maximum atomic E-state index is 2.42. The van der Waals surface area contributed by atoms with Gasteiger partial charge in [-0.05, 0) is 98.3 Å². The average Bonchev–Trinajstić information content (AvgIpc) is 2.83. The highest BCUT2D eigenvalue weighted by Gasteiger charge is 2.21. The van der Waals surface area contributed by atoms with Crippen molar-refractivity contribution in [3.8, 4) is 0 Å². The molecule has 0 spiro atoms. The molecule has 0 unspecified atom stereocenters. The number of hydrogen-bond acceptors (Lipinski definition) is 0. The van der Waals surface area contributed by atoms with Crippen molar-refractivity contribution < 1.29 is 0 Å². The fourth-order valence-corrected chi connectivity index (χ4v) is 5.94. The van der Waals surface area contributed by atoms with E-state index < -0.39 is 0 Å². The zero-order valence-corrected chi connectivity index (χ0v) is 20.1. The lowest BCUT2D eigenvalue weighted by atomic mass is 9.80. The molecule has 0 bridgehead atoms. The highest BCUT2D eigenvalue weighted by molar-refractivity contribution is 6.34. The topological polar surface area (TPSA) is 0 Å². The summed E-state index contributed by atoms with van der Waals surface area (Å²) in [6.07, 6.45) is 11.2. The Balaban J connectivity index is 2.01. The number of aryl methyl sites for hydroxylation is 2. The number of hydrogen-bond donors (Lipinski definition) is 0. The number of rotatable bonds is 9. The van der Waals surface area contributed by atoms with Crippen molar-refractivity contribution in [3.63, 3.8) is 0 Å². The number of fused-ring (bicyclic) bond motifs is 2. The summed E-state index contributed by atoms with van der Waals surface area (Å²) in [4.78, 5) is 0. The molecule has 5 aromatic carbocycles. The third-order valence-electron chi connectivity index (χ3n) is 7.48. The summed E-state index contributed by atoms with van der Waals surface area (Å²) in [5.74, 6) is 0. The molecular weight excluding hydrogens is 384 g/mol. The lowest BCUT2D eigenvalue weighted by Crippen LogP contribution is -2.05. The Morgan fingerprint density at radius 3 is 1.59 bits per heavy atom. The highest BCUT2D eigenvalue weighted by Crippen LogP contribution is 2.45. The molecular formula is C32H36. The van der Waals surface area contributed by atoms with Gasteiger partial charge < -0.3 is 0 Å². The van der Waals surface area contributed by atoms with E-state index in [1.807, 2.05) is 0 Å². The molecule has 0 aliphatic rings. The minimum atomic E-state index is 1.20. The first kappa shape index (κ1) is 21.3. The van der Waals surface area contributed by atoms with Gasteiger partial charge in [-0.3, -0.25) is 0 Å². The Morgan fingerprint density at radius 2 is 0.938 bits per heavy atom. The maximum Gasteiger partial charge on any atom is -0.00206 e. The first-order valence-corrected chi connectivity index (χ1v) is 12.9. The standard InChI is InChI=1S/C32H36/c1-4-7-15-23-24(16-8-5-2)26-19-12-20-28-27-18-10-13-22-14-11-21-29(30(22)27)32(31(26)28)25(23)17-9-6-3/h10-14,18-21H,4-9,15-17H2,1-3H3. The Morgan fingerprint density at radius 1 is 0.438 bits per heavy atom. The van der Waals surface area contributed by atoms with Gasteiger partial charge in [0.05, 0.1) is 0 Å². The normalized spacial score (nSPS) is 12.1. The third-order valence-corrected chi connectivity index (χ3v) is 7.48. The van der Waals surface area contributed by atoms with Gasteiger partial charge >= 0.3 is 0 Å². The van der Waals surface area contributed by atoms with Crippen molar-refractivity contribution in [2.24, 2.45) is 0 Å². The zero-order chi connectivity index (χ0) is 22.1. The van der Waals surface area contributed by atoms with E-state index in [0.29, 0.717) is 0 Å². The Bertz CT molecular complexity index is 1370. The molecule has 0 atom stereocenters. The Hall–Kier alpha value is -2.60. The third kappa shape index (κ3) is 3.36. The molecule has 0 heteroatoms. The molecule has 5 rings (SSSR count). The lowest BCUT2D eigenvalue weighted by Gasteiger charge is -2.24. The second-order valence-corrected chi connectivity index (χ2v) is 9.56. The molecule has 0 radical (unpaired) electrons. The fraction of sp³-hybridized carbons (Fsp3) is 0.375. The molecule has 0 aromatic heterocycles. The van der Waals surface area contributed by atoms with Crippen molar-refractivity contribution in [1.29, 1.82) is 0 Å². The molecule has 5 aromatic rings. The van der Waals surface area contributed by atoms with Crippen LogP contribution in [-0.4, -0.2) is 0 Å². The van der Waals surface area contributed by atoms with Crippen LogP contribution in [0.3, 0.4) is 0 Å². The quantitative estimate of drug-likeness (QED) is 0.164. The molecule has 0 saturated heterocycles. The largest absolute Gasteiger partial charge is 0.0654 e. The van der Waals surface area contributed by atoms with E-state index >= 15 is 0 Å². The number of benzene rings is 5. The summed E-state index contributed by atoms with van der Waals surface area (Å²) in [5, 5.41) is 11.7. The first-order chi connectivity index (χ1) is 15.8. The minimum Gasteiger partial charge on any atom is -0.0654 e. The van der Waals surface area contributed by atoms with E-state index in [2.05, 4.69) is 75.4 Å². The molecule has 164 valence electrons. The average molecular weight is 421 g/mol. The predicted molar refractivity (Wildman–Crippen MR) is 143 cm³/mol. The SMILES string of the molecule is CCCCc1c(CCCC)c2cccc3c4cccc5cccc(c(c1CCCC)c23)c54. The number of unbranched alkanes of at least 4 members (excludes halogenated alkanes) is 3. The molecule has 0 fully saturated rings. The van der Waals surface area contributed by atoms with Crippen LogP contribution in [-0.2, 0) is 19.3 Å². The second kappa shape index (κ2) is 9.10. The minimum absolute atomic E-state index is 1.20. The van der Waals surface area contributed by atoms with Crippen LogP contribution in [0.25, 0.3) is 43.1 Å². The fourth-order valence-electron chi connectivity index (χ4n) is 5.94. The van der Waals surface area contributed by atoms with Crippen LogP contribution in [0.1, 0.15) is 76.0 Å². The van der Waals surface area contributed by atoms with Crippen LogP contribution >= 0.6 is 0 Å². The monoisotopic (exact) mass is 420 g/mol. The molecule has 0 amide bonds. The van der Waals surface area contributed by atoms with Crippen LogP contribution in [0.15, 0.2) is 54.6 Å². The van der Waals surface area contributed by atoms with E-state index in [4.69, 9.17) is 0 Å². The van der Waals surface area contributed by atoms with Crippen LogP contribution in [0, 0.1) is 0 Å². The molecule has 0 aliphatic heterocycles. The summed E-state index contributed by atoms with van der Waals surface area (Å²) in [5.41, 5.74) is 5.00. The highest BCUT2D eigenvalue weighted by atomic mass is 14.2. The van der Waals surface area contributed by atoms with Gasteiger partial charge in [-0.25, -0.2) is 0 Å². The van der Waals surface area contributed by atoms with Crippen molar-refractivity contribution in [3.05, 3.63) is 71.3 Å². The van der Waals surface area contributed by atoms with Gasteiger partial charge in [0.25, 0.3) is 0 Å². The van der Waals surface area contributed by atoms with E-state index in [1.54, 1.807) is 22.1 Å².